The van der Waals surface area contributed by atoms with Gasteiger partial charge in [0.1, 0.15) is 12.1 Å². The van der Waals surface area contributed by atoms with E-state index in [0.29, 0.717) is 0 Å². The molecule has 76 valence electrons. The Hall–Kier alpha value is -0.610. The third kappa shape index (κ3) is 2.67. The van der Waals surface area contributed by atoms with Crippen LogP contribution in [-0.2, 0) is 9.53 Å². The van der Waals surface area contributed by atoms with Crippen LogP contribution in [-0.4, -0.2) is 43.2 Å². The minimum atomic E-state index is -0.481. The van der Waals surface area contributed by atoms with Gasteiger partial charge in [0.15, 0.2) is 0 Å². The molecule has 0 saturated carbocycles. The highest BCUT2D eigenvalue weighted by Crippen LogP contribution is 2.10. The third-order valence-electron chi connectivity index (χ3n) is 2.30. The van der Waals surface area contributed by atoms with Gasteiger partial charge in [-0.3, -0.25) is 9.69 Å². The van der Waals surface area contributed by atoms with Crippen LogP contribution >= 0.6 is 0 Å². The van der Waals surface area contributed by atoms with Crippen molar-refractivity contribution < 1.29 is 9.53 Å². The maximum absolute atomic E-state index is 11.3. The van der Waals surface area contributed by atoms with E-state index >= 15 is 0 Å². The zero-order valence-electron chi connectivity index (χ0n) is 8.49. The van der Waals surface area contributed by atoms with Gasteiger partial charge in [0.25, 0.3) is 0 Å². The number of nitrogens with two attached hydrogens (primary N) is 1. The first-order valence-corrected chi connectivity index (χ1v) is 4.65. The second-order valence-corrected chi connectivity index (χ2v) is 4.05. The van der Waals surface area contributed by atoms with Crippen molar-refractivity contribution in [2.75, 3.05) is 20.1 Å². The summed E-state index contributed by atoms with van der Waals surface area (Å²) < 4.78 is 5.17. The summed E-state index contributed by atoms with van der Waals surface area (Å²) in [6.07, 6.45) is 0.0577. The molecule has 0 unspecified atom stereocenters. The minimum Gasteiger partial charge on any atom is -0.458 e. The number of carbonyl (C=O) groups is 1. The molecule has 1 atom stereocenters. The largest absolute Gasteiger partial charge is 0.458 e. The van der Waals surface area contributed by atoms with Gasteiger partial charge >= 0.3 is 5.97 Å². The number of nitrogens with zero attached hydrogens (tertiary/aromatic N) is 1. The van der Waals surface area contributed by atoms with Gasteiger partial charge in [0.2, 0.25) is 0 Å². The van der Waals surface area contributed by atoms with Crippen molar-refractivity contribution in [2.24, 2.45) is 11.7 Å². The van der Waals surface area contributed by atoms with Crippen molar-refractivity contribution in [1.82, 2.24) is 4.90 Å². The first-order valence-electron chi connectivity index (χ1n) is 4.65. The SMILES string of the molecule is CC(C)[C@H](N)C(=O)OC1CN(C)C1. The zero-order valence-corrected chi connectivity index (χ0v) is 8.49. The summed E-state index contributed by atoms with van der Waals surface area (Å²) in [5, 5.41) is 0. The number of hydrogen-bond acceptors (Lipinski definition) is 4. The fourth-order valence-corrected chi connectivity index (χ4v) is 1.23. The first kappa shape index (κ1) is 10.5. The molecule has 1 saturated heterocycles. The van der Waals surface area contributed by atoms with Gasteiger partial charge in [-0.1, -0.05) is 13.8 Å². The van der Waals surface area contributed by atoms with Crippen LogP contribution in [0.15, 0.2) is 0 Å². The van der Waals surface area contributed by atoms with E-state index in [-0.39, 0.29) is 18.0 Å². The Morgan fingerprint density at radius 1 is 1.54 bits per heavy atom. The average molecular weight is 186 g/mol. The van der Waals surface area contributed by atoms with E-state index in [1.165, 1.54) is 0 Å². The number of likely N-dealkylation sites (N-methyl/N-ethyl adjacent to an activating group) is 1. The van der Waals surface area contributed by atoms with Crippen LogP contribution in [0.1, 0.15) is 13.8 Å². The number of hydrogen-bond donors (Lipinski definition) is 1. The highest BCUT2D eigenvalue weighted by atomic mass is 16.5. The lowest BCUT2D eigenvalue weighted by Crippen LogP contribution is -2.52. The number of ether oxygens (including phenoxy) is 1. The van der Waals surface area contributed by atoms with Crippen molar-refractivity contribution >= 4 is 5.97 Å². The molecule has 0 aliphatic carbocycles. The maximum atomic E-state index is 11.3. The normalized spacial score (nSPS) is 21.3. The Labute approximate surface area is 79.0 Å². The Kier molecular flexibility index (Phi) is 3.27. The van der Waals surface area contributed by atoms with Gasteiger partial charge < -0.3 is 10.5 Å². The minimum absolute atomic E-state index is 0.0577. The molecule has 0 radical (unpaired) electrons. The number of esters is 1. The lowest BCUT2D eigenvalue weighted by atomic mass is 10.1. The molecule has 4 heteroatoms. The summed E-state index contributed by atoms with van der Waals surface area (Å²) in [6.45, 7) is 5.49. The average Bonchev–Trinajstić information content (AvgIpc) is 2.00. The van der Waals surface area contributed by atoms with E-state index in [2.05, 4.69) is 4.90 Å². The lowest BCUT2D eigenvalue weighted by Gasteiger charge is -2.36. The van der Waals surface area contributed by atoms with Gasteiger partial charge in [0, 0.05) is 13.1 Å². The van der Waals surface area contributed by atoms with E-state index in [1.807, 2.05) is 20.9 Å². The van der Waals surface area contributed by atoms with Crippen molar-refractivity contribution in [2.45, 2.75) is 26.0 Å². The molecule has 1 rings (SSSR count). The van der Waals surface area contributed by atoms with Crippen molar-refractivity contribution in [3.63, 3.8) is 0 Å². The third-order valence-corrected chi connectivity index (χ3v) is 2.30. The maximum Gasteiger partial charge on any atom is 0.323 e. The van der Waals surface area contributed by atoms with Gasteiger partial charge in [-0.15, -0.1) is 0 Å². The Morgan fingerprint density at radius 3 is 2.46 bits per heavy atom. The molecule has 13 heavy (non-hydrogen) atoms. The number of carbonyl (C=O) groups excluding carboxylic acids is 1. The lowest BCUT2D eigenvalue weighted by molar-refractivity contribution is -0.159. The van der Waals surface area contributed by atoms with Crippen molar-refractivity contribution in [3.8, 4) is 0 Å². The quantitative estimate of drug-likeness (QED) is 0.622. The monoisotopic (exact) mass is 186 g/mol. The van der Waals surface area contributed by atoms with E-state index in [9.17, 15) is 4.79 Å². The molecule has 4 nitrogen and oxygen atoms in total. The van der Waals surface area contributed by atoms with Crippen LogP contribution in [0.3, 0.4) is 0 Å². The van der Waals surface area contributed by atoms with E-state index in [4.69, 9.17) is 10.5 Å². The predicted molar refractivity (Wildman–Crippen MR) is 50.2 cm³/mol. The first-order chi connectivity index (χ1) is 6.00. The molecule has 2 N–H and O–H groups in total. The molecule has 0 aromatic carbocycles. The van der Waals surface area contributed by atoms with Gasteiger partial charge in [-0.2, -0.15) is 0 Å². The van der Waals surface area contributed by atoms with Crippen LogP contribution in [0.25, 0.3) is 0 Å². The van der Waals surface area contributed by atoms with E-state index in [1.54, 1.807) is 0 Å². The Morgan fingerprint density at radius 2 is 2.08 bits per heavy atom. The predicted octanol–water partition coefficient (Wildman–Crippen LogP) is -0.173. The topological polar surface area (TPSA) is 55.6 Å². The summed E-state index contributed by atoms with van der Waals surface area (Å²) in [4.78, 5) is 13.4. The van der Waals surface area contributed by atoms with Crippen LogP contribution in [0.2, 0.25) is 0 Å². The van der Waals surface area contributed by atoms with Crippen molar-refractivity contribution in [1.29, 1.82) is 0 Å². The van der Waals surface area contributed by atoms with Crippen LogP contribution in [0, 0.1) is 5.92 Å². The van der Waals surface area contributed by atoms with Crippen LogP contribution in [0.5, 0.6) is 0 Å². The molecule has 0 aromatic heterocycles. The molecular formula is C9H18N2O2. The summed E-state index contributed by atoms with van der Waals surface area (Å²) in [6, 6.07) is -0.481. The smallest absolute Gasteiger partial charge is 0.323 e. The molecule has 0 amide bonds. The van der Waals surface area contributed by atoms with Gasteiger partial charge in [0.05, 0.1) is 0 Å². The Bertz CT molecular complexity index is 188. The number of likely N-dealkylation sites (tertiary alicyclic amines) is 1. The molecule has 1 heterocycles. The molecular weight excluding hydrogens is 168 g/mol. The number of rotatable bonds is 3. The molecule has 0 aromatic rings. The second-order valence-electron chi connectivity index (χ2n) is 4.05. The fraction of sp³-hybridized carbons (Fsp3) is 0.889. The van der Waals surface area contributed by atoms with Crippen LogP contribution in [0.4, 0.5) is 0 Å². The van der Waals surface area contributed by atoms with E-state index in [0.717, 1.165) is 13.1 Å². The molecule has 1 aliphatic rings. The van der Waals surface area contributed by atoms with E-state index < -0.39 is 6.04 Å². The standard InChI is InChI=1S/C9H18N2O2/c1-6(2)8(10)9(12)13-7-4-11(3)5-7/h6-8H,4-5,10H2,1-3H3/t8-/m0/s1. The fourth-order valence-electron chi connectivity index (χ4n) is 1.23. The summed E-state index contributed by atoms with van der Waals surface area (Å²) in [7, 11) is 1.99. The zero-order chi connectivity index (χ0) is 10.0. The Balaban J connectivity index is 2.25. The van der Waals surface area contributed by atoms with Crippen molar-refractivity contribution in [3.05, 3.63) is 0 Å². The van der Waals surface area contributed by atoms with Crippen LogP contribution < -0.4 is 5.73 Å². The summed E-state index contributed by atoms with van der Waals surface area (Å²) in [5.41, 5.74) is 5.63. The molecule has 1 fully saturated rings. The summed E-state index contributed by atoms with van der Waals surface area (Å²) in [5.74, 6) is -0.126. The van der Waals surface area contributed by atoms with Gasteiger partial charge in [-0.25, -0.2) is 0 Å². The highest BCUT2D eigenvalue weighted by Gasteiger charge is 2.29. The summed E-state index contributed by atoms with van der Waals surface area (Å²) >= 11 is 0. The van der Waals surface area contributed by atoms with Gasteiger partial charge in [-0.05, 0) is 13.0 Å². The molecule has 1 aliphatic heterocycles. The molecule has 0 spiro atoms. The second kappa shape index (κ2) is 4.07. The molecule has 0 bridgehead atoms. The highest BCUT2D eigenvalue weighted by molar-refractivity contribution is 5.76.